The van der Waals surface area contributed by atoms with Gasteiger partial charge in [0, 0.05) is 6.54 Å². The maximum absolute atomic E-state index is 12.7. The molecule has 0 radical (unpaired) electrons. The number of nitrogens with two attached hydrogens (primary N) is 1. The third-order valence-corrected chi connectivity index (χ3v) is 3.67. The van der Waals surface area contributed by atoms with Gasteiger partial charge in [0.25, 0.3) is 10.0 Å². The summed E-state index contributed by atoms with van der Waals surface area (Å²) >= 11 is 0. The van der Waals surface area contributed by atoms with Gasteiger partial charge in [0.1, 0.15) is 5.82 Å². The molecule has 1 rings (SSSR count). The number of alkyl halides is 2. The van der Waals surface area contributed by atoms with Gasteiger partial charge >= 0.3 is 5.76 Å². The fraction of sp³-hybridized carbons (Fsp3) is 0.400. The number of rotatable bonds is 6. The van der Waals surface area contributed by atoms with Crippen molar-refractivity contribution in [3.63, 3.8) is 0 Å². The molecule has 0 unspecified atom stereocenters. The van der Waals surface area contributed by atoms with Crippen LogP contribution in [0.15, 0.2) is 24.3 Å². The number of nitrogens with zero attached hydrogens (tertiary/aromatic N) is 1. The second-order valence-electron chi connectivity index (χ2n) is 3.50. The molecule has 102 valence electrons. The number of benzene rings is 1. The first-order valence-electron chi connectivity index (χ1n) is 5.15. The van der Waals surface area contributed by atoms with Crippen molar-refractivity contribution in [2.45, 2.75) is 12.2 Å². The first kappa shape index (κ1) is 14.8. The zero-order valence-corrected chi connectivity index (χ0v) is 10.2. The van der Waals surface area contributed by atoms with Crippen LogP contribution in [0, 0.1) is 5.82 Å². The molecule has 1 aromatic rings. The van der Waals surface area contributed by atoms with E-state index in [0.717, 1.165) is 24.3 Å². The Kier molecular flexibility index (Phi) is 4.97. The molecule has 0 aliphatic rings. The first-order valence-corrected chi connectivity index (χ1v) is 6.65. The van der Waals surface area contributed by atoms with E-state index in [4.69, 9.17) is 5.73 Å². The van der Waals surface area contributed by atoms with Gasteiger partial charge in [0.2, 0.25) is 0 Å². The van der Waals surface area contributed by atoms with Crippen molar-refractivity contribution in [2.24, 2.45) is 5.73 Å². The van der Waals surface area contributed by atoms with Crippen molar-refractivity contribution >= 4 is 15.7 Å². The van der Waals surface area contributed by atoms with Crippen molar-refractivity contribution in [3.8, 4) is 0 Å². The minimum Gasteiger partial charge on any atom is -0.330 e. The largest absolute Gasteiger partial charge is 0.355 e. The summed E-state index contributed by atoms with van der Waals surface area (Å²) in [7, 11) is -4.76. The number of hydrogen-bond donors (Lipinski definition) is 1. The summed E-state index contributed by atoms with van der Waals surface area (Å²) in [5.41, 5.74) is 5.22. The average Bonchev–Trinajstić information content (AvgIpc) is 2.31. The van der Waals surface area contributed by atoms with Gasteiger partial charge in [-0.1, -0.05) is 0 Å². The molecule has 18 heavy (non-hydrogen) atoms. The van der Waals surface area contributed by atoms with E-state index in [1.807, 2.05) is 0 Å². The minimum absolute atomic E-state index is 0.00912. The summed E-state index contributed by atoms with van der Waals surface area (Å²) in [6, 6.07) is 4.27. The Hall–Kier alpha value is -1.28. The first-order chi connectivity index (χ1) is 8.39. The molecule has 0 bridgehead atoms. The highest BCUT2D eigenvalue weighted by Crippen LogP contribution is 2.22. The van der Waals surface area contributed by atoms with Crippen LogP contribution in [0.2, 0.25) is 0 Å². The molecule has 8 heteroatoms. The molecule has 0 fully saturated rings. The third-order valence-electron chi connectivity index (χ3n) is 2.21. The smallest absolute Gasteiger partial charge is 0.330 e. The number of anilines is 1. The highest BCUT2D eigenvalue weighted by molar-refractivity contribution is 7.93. The molecule has 0 amide bonds. The van der Waals surface area contributed by atoms with Gasteiger partial charge in [-0.15, -0.1) is 0 Å². The van der Waals surface area contributed by atoms with Crippen LogP contribution < -0.4 is 10.0 Å². The van der Waals surface area contributed by atoms with Gasteiger partial charge in [-0.05, 0) is 37.2 Å². The molecule has 0 saturated heterocycles. The maximum atomic E-state index is 12.7. The predicted octanol–water partition coefficient (Wildman–Crippen LogP) is 1.53. The van der Waals surface area contributed by atoms with Crippen LogP contribution in [-0.4, -0.2) is 27.3 Å². The van der Waals surface area contributed by atoms with Gasteiger partial charge < -0.3 is 5.73 Å². The summed E-state index contributed by atoms with van der Waals surface area (Å²) in [5.74, 6) is -4.10. The number of halogens is 3. The molecule has 0 aliphatic carbocycles. The molecule has 0 saturated carbocycles. The Balaban J connectivity index is 3.09. The van der Waals surface area contributed by atoms with E-state index in [9.17, 15) is 21.6 Å². The normalized spacial score (nSPS) is 11.8. The van der Waals surface area contributed by atoms with E-state index in [1.165, 1.54) is 0 Å². The van der Waals surface area contributed by atoms with Crippen molar-refractivity contribution in [2.75, 3.05) is 17.4 Å². The van der Waals surface area contributed by atoms with Crippen LogP contribution >= 0.6 is 0 Å². The predicted molar refractivity (Wildman–Crippen MR) is 62.3 cm³/mol. The fourth-order valence-electron chi connectivity index (χ4n) is 1.34. The Morgan fingerprint density at radius 1 is 1.22 bits per heavy atom. The Bertz CT molecular complexity index is 476. The van der Waals surface area contributed by atoms with Crippen LogP contribution in [-0.2, 0) is 10.0 Å². The molecule has 0 aliphatic heterocycles. The lowest BCUT2D eigenvalue weighted by Gasteiger charge is -2.23. The van der Waals surface area contributed by atoms with Crippen LogP contribution in [0.1, 0.15) is 6.42 Å². The number of hydrogen-bond acceptors (Lipinski definition) is 3. The third kappa shape index (κ3) is 3.36. The molecule has 2 N–H and O–H groups in total. The summed E-state index contributed by atoms with van der Waals surface area (Å²) in [5, 5.41) is 0. The van der Waals surface area contributed by atoms with E-state index in [0.29, 0.717) is 4.31 Å². The highest BCUT2D eigenvalue weighted by Gasteiger charge is 2.31. The van der Waals surface area contributed by atoms with Crippen LogP contribution in [0.5, 0.6) is 0 Å². The summed E-state index contributed by atoms with van der Waals surface area (Å²) < 4.78 is 61.2. The highest BCUT2D eigenvalue weighted by atomic mass is 32.2. The van der Waals surface area contributed by atoms with Gasteiger partial charge in [-0.2, -0.15) is 8.78 Å². The quantitative estimate of drug-likeness (QED) is 0.860. The van der Waals surface area contributed by atoms with E-state index < -0.39 is 21.6 Å². The molecule has 4 nitrogen and oxygen atoms in total. The number of sulfonamides is 1. The van der Waals surface area contributed by atoms with Crippen LogP contribution in [0.4, 0.5) is 18.9 Å². The van der Waals surface area contributed by atoms with E-state index in [2.05, 4.69) is 0 Å². The standard InChI is InChI=1S/C10H13F3N2O2S/c11-8-2-4-9(5-3-8)15(7-1-6-14)18(16,17)10(12)13/h2-5,10H,1,6-7,14H2. The van der Waals surface area contributed by atoms with Crippen molar-refractivity contribution in [1.29, 1.82) is 0 Å². The lowest BCUT2D eigenvalue weighted by molar-refractivity contribution is 0.234. The second kappa shape index (κ2) is 6.05. The van der Waals surface area contributed by atoms with Gasteiger partial charge in [0.05, 0.1) is 5.69 Å². The SMILES string of the molecule is NCCCN(c1ccc(F)cc1)S(=O)(=O)C(F)F. The van der Waals surface area contributed by atoms with Gasteiger partial charge in [-0.25, -0.2) is 12.8 Å². The Labute approximate surface area is 103 Å². The lowest BCUT2D eigenvalue weighted by Crippen LogP contribution is -2.37. The Morgan fingerprint density at radius 2 is 1.78 bits per heavy atom. The van der Waals surface area contributed by atoms with Crippen molar-refractivity contribution in [1.82, 2.24) is 0 Å². The van der Waals surface area contributed by atoms with E-state index >= 15 is 0 Å². The van der Waals surface area contributed by atoms with Crippen molar-refractivity contribution in [3.05, 3.63) is 30.1 Å². The van der Waals surface area contributed by atoms with Crippen LogP contribution in [0.3, 0.4) is 0 Å². The molecule has 0 aromatic heterocycles. The van der Waals surface area contributed by atoms with Gasteiger partial charge in [-0.3, -0.25) is 4.31 Å². The second-order valence-corrected chi connectivity index (χ2v) is 5.32. The zero-order chi connectivity index (χ0) is 13.8. The maximum Gasteiger partial charge on any atom is 0.355 e. The molecular formula is C10H13F3N2O2S. The fourth-order valence-corrected chi connectivity index (χ4v) is 2.33. The zero-order valence-electron chi connectivity index (χ0n) is 9.39. The monoisotopic (exact) mass is 282 g/mol. The van der Waals surface area contributed by atoms with Gasteiger partial charge in [0.15, 0.2) is 0 Å². The average molecular weight is 282 g/mol. The van der Waals surface area contributed by atoms with E-state index in [-0.39, 0.29) is 25.2 Å². The molecular weight excluding hydrogens is 269 g/mol. The van der Waals surface area contributed by atoms with E-state index in [1.54, 1.807) is 0 Å². The lowest BCUT2D eigenvalue weighted by atomic mass is 10.3. The van der Waals surface area contributed by atoms with Crippen LogP contribution in [0.25, 0.3) is 0 Å². The summed E-state index contributed by atoms with van der Waals surface area (Å²) in [6.45, 7) is -0.00867. The minimum atomic E-state index is -4.76. The molecule has 0 spiro atoms. The summed E-state index contributed by atoms with van der Waals surface area (Å²) in [4.78, 5) is 0. The summed E-state index contributed by atoms with van der Waals surface area (Å²) in [6.07, 6.45) is 0.226. The topological polar surface area (TPSA) is 63.4 Å². The molecule has 0 heterocycles. The molecule has 0 atom stereocenters. The molecule has 1 aromatic carbocycles. The van der Waals surface area contributed by atoms with Crippen molar-refractivity contribution < 1.29 is 21.6 Å². The Morgan fingerprint density at radius 3 is 2.22 bits per heavy atom.